The van der Waals surface area contributed by atoms with E-state index in [0.29, 0.717) is 13.0 Å². The molecule has 0 aliphatic heterocycles. The monoisotopic (exact) mass is 400 g/mol. The van der Waals surface area contributed by atoms with Gasteiger partial charge in [-0.25, -0.2) is 4.79 Å². The Morgan fingerprint density at radius 3 is 2.27 bits per heavy atom. The fourth-order valence-electron chi connectivity index (χ4n) is 2.63. The van der Waals surface area contributed by atoms with Crippen molar-refractivity contribution in [2.45, 2.75) is 6.42 Å². The molecule has 0 aliphatic carbocycles. The molecule has 30 heavy (non-hydrogen) atoms. The number of carbonyl (C=O) groups excluding carboxylic acids is 1. The smallest absolute Gasteiger partial charge is 0.330 e. The largest absolute Gasteiger partial charge is 0.462 e. The fraction of sp³-hybridized carbons (Fsp3) is 0.0833. The van der Waals surface area contributed by atoms with Crippen LogP contribution in [0.1, 0.15) is 16.7 Å². The first-order valence-corrected chi connectivity index (χ1v) is 9.37. The van der Waals surface area contributed by atoms with Crippen LogP contribution in [0.4, 0.5) is 11.4 Å². The Morgan fingerprint density at radius 2 is 1.60 bits per heavy atom. The van der Waals surface area contributed by atoms with Crippen molar-refractivity contribution in [2.24, 2.45) is 4.99 Å². The van der Waals surface area contributed by atoms with Crippen LogP contribution in [0.5, 0.6) is 0 Å². The van der Waals surface area contributed by atoms with Gasteiger partial charge in [0.15, 0.2) is 0 Å². The summed E-state index contributed by atoms with van der Waals surface area (Å²) < 4.78 is 5.21. The van der Waals surface area contributed by atoms with Crippen LogP contribution >= 0.6 is 0 Å². The van der Waals surface area contributed by atoms with Crippen molar-refractivity contribution in [2.75, 3.05) is 6.61 Å². The van der Waals surface area contributed by atoms with E-state index in [1.807, 2.05) is 54.6 Å². The van der Waals surface area contributed by atoms with Crippen molar-refractivity contribution in [3.8, 4) is 0 Å². The molecule has 0 aromatic heterocycles. The number of hydrogen-bond donors (Lipinski definition) is 0. The molecule has 3 aromatic carbocycles. The molecule has 6 nitrogen and oxygen atoms in total. The third-order valence-electron chi connectivity index (χ3n) is 4.25. The zero-order chi connectivity index (χ0) is 21.2. The van der Waals surface area contributed by atoms with Gasteiger partial charge in [-0.3, -0.25) is 15.1 Å². The normalized spacial score (nSPS) is 11.1. The quantitative estimate of drug-likeness (QED) is 0.172. The number of non-ortho nitro benzene ring substituents is 1. The fourth-order valence-corrected chi connectivity index (χ4v) is 2.63. The topological polar surface area (TPSA) is 81.8 Å². The number of hydrogen-bond acceptors (Lipinski definition) is 5. The SMILES string of the molecule is O=C(C=Cc1ccc(N=Cc2ccc([N+](=O)[O-])cc2)cc1)OCCc1ccccc1. The van der Waals surface area contributed by atoms with Gasteiger partial charge < -0.3 is 4.74 Å². The highest BCUT2D eigenvalue weighted by Gasteiger charge is 2.02. The van der Waals surface area contributed by atoms with Gasteiger partial charge >= 0.3 is 5.97 Å². The van der Waals surface area contributed by atoms with Crippen molar-refractivity contribution in [1.29, 1.82) is 0 Å². The predicted octanol–water partition coefficient (Wildman–Crippen LogP) is 5.14. The summed E-state index contributed by atoms with van der Waals surface area (Å²) in [6.07, 6.45) is 5.41. The lowest BCUT2D eigenvalue weighted by Crippen LogP contribution is -2.04. The van der Waals surface area contributed by atoms with Gasteiger partial charge in [-0.1, -0.05) is 42.5 Å². The van der Waals surface area contributed by atoms with Gasteiger partial charge in [0, 0.05) is 30.8 Å². The summed E-state index contributed by atoms with van der Waals surface area (Å²) in [5.74, 6) is -0.383. The number of rotatable bonds is 8. The van der Waals surface area contributed by atoms with E-state index in [1.54, 1.807) is 24.4 Å². The van der Waals surface area contributed by atoms with Gasteiger partial charge in [-0.15, -0.1) is 0 Å². The molecule has 0 aliphatic rings. The first kappa shape index (κ1) is 20.7. The zero-order valence-electron chi connectivity index (χ0n) is 16.2. The Balaban J connectivity index is 1.48. The zero-order valence-corrected chi connectivity index (χ0v) is 16.2. The van der Waals surface area contributed by atoms with Crippen molar-refractivity contribution in [3.63, 3.8) is 0 Å². The lowest BCUT2D eigenvalue weighted by atomic mass is 10.2. The molecule has 0 radical (unpaired) electrons. The molecule has 0 atom stereocenters. The second-order valence-electron chi connectivity index (χ2n) is 6.43. The van der Waals surface area contributed by atoms with Gasteiger partial charge in [0.25, 0.3) is 5.69 Å². The average molecular weight is 400 g/mol. The van der Waals surface area contributed by atoms with Crippen molar-refractivity contribution < 1.29 is 14.5 Å². The van der Waals surface area contributed by atoms with E-state index < -0.39 is 4.92 Å². The molecule has 0 amide bonds. The maximum Gasteiger partial charge on any atom is 0.330 e. The van der Waals surface area contributed by atoms with Crippen molar-refractivity contribution in [3.05, 3.63) is 112 Å². The number of nitro benzene ring substituents is 1. The molecule has 0 unspecified atom stereocenters. The van der Waals surface area contributed by atoms with Crippen LogP contribution in [0, 0.1) is 10.1 Å². The minimum Gasteiger partial charge on any atom is -0.462 e. The number of benzene rings is 3. The third-order valence-corrected chi connectivity index (χ3v) is 4.25. The van der Waals surface area contributed by atoms with Crippen LogP contribution in [0.2, 0.25) is 0 Å². The first-order chi connectivity index (χ1) is 14.6. The standard InChI is InChI=1S/C24H20N2O4/c27-24(30-17-16-19-4-2-1-3-5-19)15-10-20-6-11-22(12-7-20)25-18-21-8-13-23(14-9-21)26(28)29/h1-15,18H,16-17H2. The summed E-state index contributed by atoms with van der Waals surface area (Å²) in [6.45, 7) is 0.337. The average Bonchev–Trinajstić information content (AvgIpc) is 2.78. The molecule has 3 aromatic rings. The molecular weight excluding hydrogens is 380 g/mol. The second-order valence-corrected chi connectivity index (χ2v) is 6.43. The van der Waals surface area contributed by atoms with Crippen LogP contribution in [-0.4, -0.2) is 23.7 Å². The number of nitrogens with zero attached hydrogens (tertiary/aromatic N) is 2. The Labute approximate surface area is 174 Å². The summed E-state index contributed by atoms with van der Waals surface area (Å²) >= 11 is 0. The Morgan fingerprint density at radius 1 is 0.933 bits per heavy atom. The molecule has 3 rings (SSSR count). The molecule has 6 heteroatoms. The third kappa shape index (κ3) is 6.53. The van der Waals surface area contributed by atoms with E-state index in [9.17, 15) is 14.9 Å². The molecule has 0 saturated carbocycles. The Hall–Kier alpha value is -4.06. The number of esters is 1. The molecule has 0 saturated heterocycles. The summed E-state index contributed by atoms with van der Waals surface area (Å²) in [4.78, 5) is 26.4. The Bertz CT molecular complexity index is 1040. The van der Waals surface area contributed by atoms with E-state index in [4.69, 9.17) is 4.74 Å². The summed E-state index contributed by atoms with van der Waals surface area (Å²) in [5.41, 5.74) is 3.52. The van der Waals surface area contributed by atoms with E-state index in [-0.39, 0.29) is 11.7 Å². The molecule has 0 fully saturated rings. The summed E-state index contributed by atoms with van der Waals surface area (Å²) in [6, 6.07) is 23.3. The van der Waals surface area contributed by atoms with Crippen LogP contribution in [0.25, 0.3) is 6.08 Å². The van der Waals surface area contributed by atoms with Gasteiger partial charge in [-0.2, -0.15) is 0 Å². The number of carbonyl (C=O) groups is 1. The second kappa shape index (κ2) is 10.5. The summed E-state index contributed by atoms with van der Waals surface area (Å²) in [5, 5.41) is 10.7. The van der Waals surface area contributed by atoms with E-state index in [2.05, 4.69) is 4.99 Å². The van der Waals surface area contributed by atoms with Crippen LogP contribution < -0.4 is 0 Å². The van der Waals surface area contributed by atoms with Crippen LogP contribution in [0.15, 0.2) is 89.9 Å². The van der Waals surface area contributed by atoms with Gasteiger partial charge in [0.05, 0.1) is 17.2 Å². The van der Waals surface area contributed by atoms with E-state index in [1.165, 1.54) is 18.2 Å². The maximum atomic E-state index is 11.8. The molecule has 0 heterocycles. The first-order valence-electron chi connectivity index (χ1n) is 9.37. The molecule has 0 bridgehead atoms. The lowest BCUT2D eigenvalue weighted by molar-refractivity contribution is -0.384. The van der Waals surface area contributed by atoms with Crippen LogP contribution in [-0.2, 0) is 16.0 Å². The minimum atomic E-state index is -0.438. The van der Waals surface area contributed by atoms with Crippen molar-refractivity contribution in [1.82, 2.24) is 0 Å². The highest BCUT2D eigenvalue weighted by Crippen LogP contribution is 2.15. The number of ether oxygens (including phenoxy) is 1. The Kier molecular flexibility index (Phi) is 7.22. The molecule has 0 N–H and O–H groups in total. The van der Waals surface area contributed by atoms with E-state index in [0.717, 1.165) is 22.4 Å². The number of aliphatic imine (C=N–C) groups is 1. The van der Waals surface area contributed by atoms with Gasteiger partial charge in [0.1, 0.15) is 0 Å². The molecule has 0 spiro atoms. The van der Waals surface area contributed by atoms with E-state index >= 15 is 0 Å². The lowest BCUT2D eigenvalue weighted by Gasteiger charge is -2.02. The maximum absolute atomic E-state index is 11.8. The van der Waals surface area contributed by atoms with Gasteiger partial charge in [-0.05, 0) is 47.0 Å². The number of nitro groups is 1. The molecular formula is C24H20N2O4. The van der Waals surface area contributed by atoms with Crippen molar-refractivity contribution >= 4 is 29.6 Å². The minimum absolute atomic E-state index is 0.0434. The highest BCUT2D eigenvalue weighted by atomic mass is 16.6. The highest BCUT2D eigenvalue weighted by molar-refractivity contribution is 5.87. The summed E-state index contributed by atoms with van der Waals surface area (Å²) in [7, 11) is 0. The predicted molar refractivity (Wildman–Crippen MR) is 117 cm³/mol. The van der Waals surface area contributed by atoms with Crippen LogP contribution in [0.3, 0.4) is 0 Å². The van der Waals surface area contributed by atoms with Gasteiger partial charge in [0.2, 0.25) is 0 Å². The molecule has 150 valence electrons.